The Morgan fingerprint density at radius 3 is 3.00 bits per heavy atom. The zero-order valence-electron chi connectivity index (χ0n) is 12.4. The topological polar surface area (TPSA) is 41.6 Å². The molecule has 1 aliphatic heterocycles. The maximum Gasteiger partial charge on any atom is 0.305 e. The number of hydrogen-bond acceptors (Lipinski definition) is 4. The predicted molar refractivity (Wildman–Crippen MR) is 82.2 cm³/mol. The molecule has 1 aliphatic rings. The van der Waals surface area contributed by atoms with Gasteiger partial charge in [-0.2, -0.15) is 0 Å². The molecule has 4 nitrogen and oxygen atoms in total. The molecule has 1 aromatic carbocycles. The molecule has 0 aromatic heterocycles. The molecule has 110 valence electrons. The number of nitrogens with one attached hydrogen (secondary N) is 1. The summed E-state index contributed by atoms with van der Waals surface area (Å²) in [5, 5.41) is 3.60. The number of methoxy groups -OCH3 is 1. The fraction of sp³-hybridized carbons (Fsp3) is 0.562. The SMILES string of the molecule is CCCC1CN(CCCC(=O)OC)c2ccccc2N1. The Hall–Kier alpha value is -1.71. The number of para-hydroxylation sites is 2. The Bertz CT molecular complexity index is 448. The number of fused-ring (bicyclic) bond motifs is 1. The molecule has 4 heteroatoms. The van der Waals surface area contributed by atoms with Gasteiger partial charge in [-0.05, 0) is 25.0 Å². The van der Waals surface area contributed by atoms with Crippen molar-refractivity contribution in [2.24, 2.45) is 0 Å². The second kappa shape index (κ2) is 7.17. The average molecular weight is 276 g/mol. The van der Waals surface area contributed by atoms with Gasteiger partial charge in [0.2, 0.25) is 0 Å². The van der Waals surface area contributed by atoms with E-state index in [0.29, 0.717) is 12.5 Å². The van der Waals surface area contributed by atoms with E-state index in [2.05, 4.69) is 41.4 Å². The number of rotatable bonds is 6. The maximum absolute atomic E-state index is 11.2. The lowest BCUT2D eigenvalue weighted by atomic mass is 10.1. The first kappa shape index (κ1) is 14.7. The summed E-state index contributed by atoms with van der Waals surface area (Å²) in [6.07, 6.45) is 3.67. The molecular formula is C16H24N2O2. The Labute approximate surface area is 121 Å². The summed E-state index contributed by atoms with van der Waals surface area (Å²) in [4.78, 5) is 13.6. The summed E-state index contributed by atoms with van der Waals surface area (Å²) in [6.45, 7) is 4.11. The molecule has 1 N–H and O–H groups in total. The predicted octanol–water partition coefficient (Wildman–Crippen LogP) is 3.04. The highest BCUT2D eigenvalue weighted by molar-refractivity contribution is 5.73. The van der Waals surface area contributed by atoms with Gasteiger partial charge >= 0.3 is 5.97 Å². The summed E-state index contributed by atoms with van der Waals surface area (Å²) < 4.78 is 4.70. The molecule has 0 radical (unpaired) electrons. The largest absolute Gasteiger partial charge is 0.469 e. The standard InChI is InChI=1S/C16H24N2O2/c1-3-7-13-12-18(11-6-10-16(19)20-2)15-9-5-4-8-14(15)17-13/h4-5,8-9,13,17H,3,6-7,10-12H2,1-2H3. The maximum atomic E-state index is 11.2. The van der Waals surface area contributed by atoms with Crippen molar-refractivity contribution in [1.29, 1.82) is 0 Å². The number of esters is 1. The monoisotopic (exact) mass is 276 g/mol. The van der Waals surface area contributed by atoms with Crippen LogP contribution in [0.5, 0.6) is 0 Å². The summed E-state index contributed by atoms with van der Waals surface area (Å²) in [7, 11) is 1.44. The number of carbonyl (C=O) groups excluding carboxylic acids is 1. The second-order valence-corrected chi connectivity index (χ2v) is 5.27. The third-order valence-corrected chi connectivity index (χ3v) is 3.72. The van der Waals surface area contributed by atoms with Crippen molar-refractivity contribution in [2.45, 2.75) is 38.6 Å². The van der Waals surface area contributed by atoms with Gasteiger partial charge in [-0.1, -0.05) is 25.5 Å². The van der Waals surface area contributed by atoms with Crippen molar-refractivity contribution in [1.82, 2.24) is 0 Å². The lowest BCUT2D eigenvalue weighted by Gasteiger charge is -2.37. The minimum absolute atomic E-state index is 0.126. The third-order valence-electron chi connectivity index (χ3n) is 3.72. The second-order valence-electron chi connectivity index (χ2n) is 5.27. The Morgan fingerprint density at radius 1 is 1.45 bits per heavy atom. The molecule has 0 bridgehead atoms. The average Bonchev–Trinajstić information content (AvgIpc) is 2.47. The minimum atomic E-state index is -0.126. The van der Waals surface area contributed by atoms with Crippen LogP contribution in [0.1, 0.15) is 32.6 Å². The van der Waals surface area contributed by atoms with Crippen molar-refractivity contribution < 1.29 is 9.53 Å². The zero-order valence-corrected chi connectivity index (χ0v) is 12.4. The van der Waals surface area contributed by atoms with Crippen molar-refractivity contribution in [3.8, 4) is 0 Å². The van der Waals surface area contributed by atoms with Gasteiger partial charge in [0.05, 0.1) is 18.5 Å². The molecule has 0 spiro atoms. The molecule has 20 heavy (non-hydrogen) atoms. The van der Waals surface area contributed by atoms with Gasteiger partial charge in [0.15, 0.2) is 0 Å². The molecule has 1 aromatic rings. The van der Waals surface area contributed by atoms with E-state index in [9.17, 15) is 4.79 Å². The van der Waals surface area contributed by atoms with E-state index in [1.807, 2.05) is 0 Å². The molecule has 0 saturated carbocycles. The zero-order chi connectivity index (χ0) is 14.4. The number of nitrogens with zero attached hydrogens (tertiary/aromatic N) is 1. The lowest BCUT2D eigenvalue weighted by Crippen LogP contribution is -2.42. The van der Waals surface area contributed by atoms with E-state index in [1.54, 1.807) is 0 Å². The van der Waals surface area contributed by atoms with Crippen LogP contribution in [0.3, 0.4) is 0 Å². The van der Waals surface area contributed by atoms with Crippen LogP contribution in [0.4, 0.5) is 11.4 Å². The summed E-state index contributed by atoms with van der Waals surface area (Å²) in [5.41, 5.74) is 2.44. The van der Waals surface area contributed by atoms with Gasteiger partial charge < -0.3 is 15.0 Å². The van der Waals surface area contributed by atoms with Crippen LogP contribution in [0, 0.1) is 0 Å². The highest BCUT2D eigenvalue weighted by Gasteiger charge is 2.22. The first-order valence-electron chi connectivity index (χ1n) is 7.42. The van der Waals surface area contributed by atoms with Gasteiger partial charge in [0.1, 0.15) is 0 Å². The first-order valence-corrected chi connectivity index (χ1v) is 7.42. The molecule has 2 rings (SSSR count). The molecule has 1 atom stereocenters. The van der Waals surface area contributed by atoms with Crippen LogP contribution in [-0.4, -0.2) is 32.2 Å². The quantitative estimate of drug-likeness (QED) is 0.811. The fourth-order valence-electron chi connectivity index (χ4n) is 2.74. The lowest BCUT2D eigenvalue weighted by molar-refractivity contribution is -0.140. The Morgan fingerprint density at radius 2 is 2.25 bits per heavy atom. The summed E-state index contributed by atoms with van der Waals surface area (Å²) in [6, 6.07) is 8.89. The normalized spacial score (nSPS) is 17.3. The fourth-order valence-corrected chi connectivity index (χ4v) is 2.74. The Kier molecular flexibility index (Phi) is 5.27. The van der Waals surface area contributed by atoms with E-state index in [0.717, 1.165) is 19.5 Å². The van der Waals surface area contributed by atoms with Crippen molar-refractivity contribution >= 4 is 17.3 Å². The summed E-state index contributed by atoms with van der Waals surface area (Å²) in [5.74, 6) is -0.126. The number of carbonyl (C=O) groups is 1. The van der Waals surface area contributed by atoms with E-state index < -0.39 is 0 Å². The van der Waals surface area contributed by atoms with Crippen molar-refractivity contribution in [3.05, 3.63) is 24.3 Å². The minimum Gasteiger partial charge on any atom is -0.469 e. The molecule has 0 fully saturated rings. The van der Waals surface area contributed by atoms with Crippen LogP contribution in [-0.2, 0) is 9.53 Å². The van der Waals surface area contributed by atoms with Gasteiger partial charge in [-0.3, -0.25) is 4.79 Å². The van der Waals surface area contributed by atoms with Gasteiger partial charge in [0.25, 0.3) is 0 Å². The van der Waals surface area contributed by atoms with Crippen molar-refractivity contribution in [2.75, 3.05) is 30.4 Å². The van der Waals surface area contributed by atoms with E-state index in [1.165, 1.54) is 31.3 Å². The number of ether oxygens (including phenoxy) is 1. The Balaban J connectivity index is 2.00. The number of hydrogen-bond donors (Lipinski definition) is 1. The van der Waals surface area contributed by atoms with Crippen LogP contribution in [0.2, 0.25) is 0 Å². The number of benzene rings is 1. The molecule has 0 aliphatic carbocycles. The number of anilines is 2. The van der Waals surface area contributed by atoms with Crippen LogP contribution in [0.25, 0.3) is 0 Å². The molecule has 0 saturated heterocycles. The summed E-state index contributed by atoms with van der Waals surface area (Å²) >= 11 is 0. The molecule has 1 unspecified atom stereocenters. The molecule has 1 heterocycles. The van der Waals surface area contributed by atoms with Gasteiger partial charge in [-0.15, -0.1) is 0 Å². The van der Waals surface area contributed by atoms with E-state index in [-0.39, 0.29) is 5.97 Å². The van der Waals surface area contributed by atoms with Gasteiger partial charge in [0, 0.05) is 25.6 Å². The van der Waals surface area contributed by atoms with Gasteiger partial charge in [-0.25, -0.2) is 0 Å². The highest BCUT2D eigenvalue weighted by Crippen LogP contribution is 2.31. The van der Waals surface area contributed by atoms with E-state index >= 15 is 0 Å². The van der Waals surface area contributed by atoms with Crippen LogP contribution >= 0.6 is 0 Å². The molecular weight excluding hydrogens is 252 g/mol. The smallest absolute Gasteiger partial charge is 0.305 e. The van der Waals surface area contributed by atoms with Crippen LogP contribution < -0.4 is 10.2 Å². The first-order chi connectivity index (χ1) is 9.74. The van der Waals surface area contributed by atoms with E-state index in [4.69, 9.17) is 4.74 Å². The highest BCUT2D eigenvalue weighted by atomic mass is 16.5. The van der Waals surface area contributed by atoms with Crippen LogP contribution in [0.15, 0.2) is 24.3 Å². The third kappa shape index (κ3) is 3.65. The molecule has 0 amide bonds. The van der Waals surface area contributed by atoms with Crippen molar-refractivity contribution in [3.63, 3.8) is 0 Å².